The molecular weight excluding hydrogens is 320 g/mol. The van der Waals surface area contributed by atoms with Crippen LogP contribution < -0.4 is 0 Å². The lowest BCUT2D eigenvalue weighted by atomic mass is 10.2. The van der Waals surface area contributed by atoms with Crippen LogP contribution >= 0.6 is 23.4 Å². The summed E-state index contributed by atoms with van der Waals surface area (Å²) in [5.41, 5.74) is 1.28. The average Bonchev–Trinajstić information content (AvgIpc) is 2.97. The number of nitriles is 1. The van der Waals surface area contributed by atoms with Crippen molar-refractivity contribution in [3.05, 3.63) is 58.7 Å². The van der Waals surface area contributed by atoms with Crippen LogP contribution in [0.4, 0.5) is 0 Å². The van der Waals surface area contributed by atoms with Crippen molar-refractivity contribution in [2.24, 2.45) is 0 Å². The summed E-state index contributed by atoms with van der Waals surface area (Å²) in [7, 11) is 0. The predicted octanol–water partition coefficient (Wildman–Crippen LogP) is 2.79. The van der Waals surface area contributed by atoms with Crippen molar-refractivity contribution in [3.63, 3.8) is 0 Å². The quantitative estimate of drug-likeness (QED) is 0.732. The highest BCUT2D eigenvalue weighted by molar-refractivity contribution is 7.99. The zero-order valence-corrected chi connectivity index (χ0v) is 12.8. The number of aromatic nitrogens is 5. The highest BCUT2D eigenvalue weighted by Gasteiger charge is 2.11. The minimum Gasteiger partial charge on any atom is -0.229 e. The first kappa shape index (κ1) is 14.5. The number of hydrogen-bond acceptors (Lipinski definition) is 6. The number of tetrazole rings is 1. The average molecular weight is 329 g/mol. The van der Waals surface area contributed by atoms with Gasteiger partial charge in [-0.3, -0.25) is 0 Å². The summed E-state index contributed by atoms with van der Waals surface area (Å²) in [4.78, 5) is 4.17. The van der Waals surface area contributed by atoms with Crippen LogP contribution in [0.2, 0.25) is 5.02 Å². The molecule has 108 valence electrons. The van der Waals surface area contributed by atoms with Gasteiger partial charge in [0, 0.05) is 0 Å². The molecule has 22 heavy (non-hydrogen) atoms. The molecule has 0 bridgehead atoms. The van der Waals surface area contributed by atoms with Gasteiger partial charge in [-0.25, -0.2) is 9.67 Å². The number of halogens is 1. The van der Waals surface area contributed by atoms with Crippen LogP contribution in [0.5, 0.6) is 0 Å². The van der Waals surface area contributed by atoms with Crippen molar-refractivity contribution in [2.75, 3.05) is 0 Å². The highest BCUT2D eigenvalue weighted by atomic mass is 35.5. The van der Waals surface area contributed by atoms with Crippen LogP contribution in [0.25, 0.3) is 0 Å². The molecular formula is C14H9ClN6S. The summed E-state index contributed by atoms with van der Waals surface area (Å²) in [6, 6.07) is 15.2. The topological polar surface area (TPSA) is 80.3 Å². The molecule has 0 spiro atoms. The Morgan fingerprint density at radius 2 is 2.00 bits per heavy atom. The van der Waals surface area contributed by atoms with Crippen molar-refractivity contribution >= 4 is 23.4 Å². The maximum absolute atomic E-state index is 8.97. The summed E-state index contributed by atoms with van der Waals surface area (Å²) >= 11 is 7.16. The van der Waals surface area contributed by atoms with Gasteiger partial charge in [-0.05, 0) is 39.9 Å². The first-order valence-electron chi connectivity index (χ1n) is 6.31. The number of nitrogens with zero attached hydrogens (tertiary/aromatic N) is 6. The standard InChI is InChI=1S/C14H9ClN6S/c15-11-6-7-13(17-12(11)8-16)22-14-18-19-20-21(14)9-10-4-2-1-3-5-10/h1-7H,9H2. The second-order valence-corrected chi connectivity index (χ2v) is 5.69. The van der Waals surface area contributed by atoms with E-state index in [1.165, 1.54) is 11.8 Å². The summed E-state index contributed by atoms with van der Waals surface area (Å²) < 4.78 is 1.68. The Morgan fingerprint density at radius 1 is 1.18 bits per heavy atom. The van der Waals surface area contributed by atoms with Crippen molar-refractivity contribution in [2.45, 2.75) is 16.7 Å². The summed E-state index contributed by atoms with van der Waals surface area (Å²) in [5, 5.41) is 22.2. The predicted molar refractivity (Wildman–Crippen MR) is 81.4 cm³/mol. The third-order valence-electron chi connectivity index (χ3n) is 2.80. The monoisotopic (exact) mass is 328 g/mol. The molecule has 0 radical (unpaired) electrons. The van der Waals surface area contributed by atoms with Crippen LogP contribution in [0.3, 0.4) is 0 Å². The Morgan fingerprint density at radius 3 is 2.77 bits per heavy atom. The molecule has 0 N–H and O–H groups in total. The maximum atomic E-state index is 8.97. The lowest BCUT2D eigenvalue weighted by molar-refractivity contribution is 0.602. The Labute approximate surface area is 135 Å². The van der Waals surface area contributed by atoms with E-state index in [2.05, 4.69) is 20.5 Å². The Bertz CT molecular complexity index is 827. The van der Waals surface area contributed by atoms with Gasteiger partial charge in [-0.15, -0.1) is 5.10 Å². The van der Waals surface area contributed by atoms with E-state index in [0.29, 0.717) is 21.7 Å². The molecule has 0 aliphatic rings. The lowest BCUT2D eigenvalue weighted by Crippen LogP contribution is -2.03. The highest BCUT2D eigenvalue weighted by Crippen LogP contribution is 2.26. The molecule has 1 aromatic carbocycles. The Hall–Kier alpha value is -2.43. The molecule has 0 saturated carbocycles. The Balaban J connectivity index is 1.82. The summed E-state index contributed by atoms with van der Waals surface area (Å²) in [5.74, 6) is 0. The van der Waals surface area contributed by atoms with Crippen molar-refractivity contribution in [1.29, 1.82) is 5.26 Å². The minimum atomic E-state index is 0.189. The van der Waals surface area contributed by atoms with Gasteiger partial charge in [0.05, 0.1) is 11.6 Å². The first-order valence-corrected chi connectivity index (χ1v) is 7.50. The molecule has 3 rings (SSSR count). The number of rotatable bonds is 4. The fraction of sp³-hybridized carbons (Fsp3) is 0.0714. The van der Waals surface area contributed by atoms with E-state index >= 15 is 0 Å². The van der Waals surface area contributed by atoms with Gasteiger partial charge in [0.15, 0.2) is 5.69 Å². The molecule has 6 nitrogen and oxygen atoms in total. The third kappa shape index (κ3) is 3.24. The number of benzene rings is 1. The van der Waals surface area contributed by atoms with Gasteiger partial charge in [0.1, 0.15) is 11.1 Å². The van der Waals surface area contributed by atoms with E-state index in [-0.39, 0.29) is 5.69 Å². The van der Waals surface area contributed by atoms with Gasteiger partial charge in [-0.1, -0.05) is 41.9 Å². The maximum Gasteiger partial charge on any atom is 0.215 e. The molecule has 3 aromatic rings. The molecule has 0 amide bonds. The second-order valence-electron chi connectivity index (χ2n) is 4.30. The van der Waals surface area contributed by atoms with E-state index in [0.717, 1.165) is 5.56 Å². The van der Waals surface area contributed by atoms with Crippen LogP contribution in [0.1, 0.15) is 11.3 Å². The molecule has 0 aliphatic heterocycles. The summed E-state index contributed by atoms with van der Waals surface area (Å²) in [6.45, 7) is 0.564. The Kier molecular flexibility index (Phi) is 4.32. The normalized spacial score (nSPS) is 10.4. The van der Waals surface area contributed by atoms with E-state index in [4.69, 9.17) is 16.9 Å². The lowest BCUT2D eigenvalue weighted by Gasteiger charge is -2.04. The molecule has 0 aliphatic carbocycles. The first-order chi connectivity index (χ1) is 10.8. The van der Waals surface area contributed by atoms with Crippen LogP contribution in [0.15, 0.2) is 52.6 Å². The molecule has 2 aromatic heterocycles. The zero-order chi connectivity index (χ0) is 15.4. The van der Waals surface area contributed by atoms with Gasteiger partial charge < -0.3 is 0 Å². The molecule has 0 atom stereocenters. The van der Waals surface area contributed by atoms with Crippen molar-refractivity contribution in [3.8, 4) is 6.07 Å². The molecule has 0 unspecified atom stereocenters. The van der Waals surface area contributed by atoms with Gasteiger partial charge >= 0.3 is 0 Å². The molecule has 0 saturated heterocycles. The number of pyridine rings is 1. The van der Waals surface area contributed by atoms with Crippen molar-refractivity contribution in [1.82, 2.24) is 25.2 Å². The second kappa shape index (κ2) is 6.56. The fourth-order valence-corrected chi connectivity index (χ4v) is 2.67. The smallest absolute Gasteiger partial charge is 0.215 e. The van der Waals surface area contributed by atoms with Gasteiger partial charge in [-0.2, -0.15) is 5.26 Å². The van der Waals surface area contributed by atoms with Crippen molar-refractivity contribution < 1.29 is 0 Å². The van der Waals surface area contributed by atoms with Crippen LogP contribution in [0, 0.1) is 11.3 Å². The van der Waals surface area contributed by atoms with E-state index in [1.807, 2.05) is 36.4 Å². The third-order valence-corrected chi connectivity index (χ3v) is 4.01. The fourth-order valence-electron chi connectivity index (χ4n) is 1.78. The molecule has 8 heteroatoms. The largest absolute Gasteiger partial charge is 0.229 e. The van der Waals surface area contributed by atoms with E-state index < -0.39 is 0 Å². The van der Waals surface area contributed by atoms with E-state index in [9.17, 15) is 0 Å². The SMILES string of the molecule is N#Cc1nc(Sc2nnnn2Cc2ccccc2)ccc1Cl. The van der Waals surface area contributed by atoms with Gasteiger partial charge in [0.25, 0.3) is 0 Å². The number of hydrogen-bond donors (Lipinski definition) is 0. The van der Waals surface area contributed by atoms with Crippen LogP contribution in [-0.4, -0.2) is 25.2 Å². The van der Waals surface area contributed by atoms with Crippen LogP contribution in [-0.2, 0) is 6.54 Å². The zero-order valence-electron chi connectivity index (χ0n) is 11.2. The molecule has 0 fully saturated rings. The summed E-state index contributed by atoms with van der Waals surface area (Å²) in [6.07, 6.45) is 0. The van der Waals surface area contributed by atoms with Gasteiger partial charge in [0.2, 0.25) is 5.16 Å². The minimum absolute atomic E-state index is 0.189. The molecule has 2 heterocycles. The van der Waals surface area contributed by atoms with E-state index in [1.54, 1.807) is 16.8 Å².